The molecule has 0 saturated carbocycles. The molecule has 0 saturated heterocycles. The molecule has 0 amide bonds. The summed E-state index contributed by atoms with van der Waals surface area (Å²) in [5.74, 6) is -0.188. The number of nitro groups is 1. The molecular formula is C14H15NO4. The highest BCUT2D eigenvalue weighted by Gasteiger charge is 2.19. The van der Waals surface area contributed by atoms with Crippen LogP contribution < -0.4 is 0 Å². The summed E-state index contributed by atoms with van der Waals surface area (Å²) in [6.07, 6.45) is 1.07. The number of hydrogen-bond donors (Lipinski definition) is 1. The number of aryl methyl sites for hydroxylation is 1. The summed E-state index contributed by atoms with van der Waals surface area (Å²) >= 11 is 0. The zero-order valence-corrected chi connectivity index (χ0v) is 10.6. The van der Waals surface area contributed by atoms with Gasteiger partial charge < -0.3 is 9.52 Å². The van der Waals surface area contributed by atoms with Crippen molar-refractivity contribution >= 4 is 5.88 Å². The molecule has 1 unspecified atom stereocenters. The van der Waals surface area contributed by atoms with E-state index in [9.17, 15) is 15.2 Å². The van der Waals surface area contributed by atoms with Crippen LogP contribution in [0.4, 0.5) is 5.88 Å². The summed E-state index contributed by atoms with van der Waals surface area (Å²) in [5.41, 5.74) is 1.85. The zero-order chi connectivity index (χ0) is 13.8. The van der Waals surface area contributed by atoms with Crippen molar-refractivity contribution in [3.05, 3.63) is 63.4 Å². The van der Waals surface area contributed by atoms with Crippen LogP contribution in [0.15, 0.2) is 40.8 Å². The monoisotopic (exact) mass is 261 g/mol. The van der Waals surface area contributed by atoms with E-state index in [0.717, 1.165) is 12.8 Å². The molecule has 1 aromatic carbocycles. The first-order valence-electron chi connectivity index (χ1n) is 6.13. The van der Waals surface area contributed by atoms with Gasteiger partial charge in [0, 0.05) is 0 Å². The third-order valence-electron chi connectivity index (χ3n) is 2.90. The standard InChI is InChI=1S/C14H15NO4/c1-2-3-10-4-6-11(7-5-10)14(16)12-8-9-13(19-12)15(17)18/h4-9,14,16H,2-3H2,1H3. The lowest BCUT2D eigenvalue weighted by molar-refractivity contribution is -0.402. The molecule has 1 heterocycles. The Balaban J connectivity index is 2.17. The largest absolute Gasteiger partial charge is 0.433 e. The van der Waals surface area contributed by atoms with Gasteiger partial charge in [-0.25, -0.2) is 0 Å². The lowest BCUT2D eigenvalue weighted by atomic mass is 10.0. The maximum Gasteiger partial charge on any atom is 0.433 e. The van der Waals surface area contributed by atoms with Gasteiger partial charge in [-0.1, -0.05) is 37.6 Å². The number of rotatable bonds is 5. The Morgan fingerprint density at radius 3 is 2.47 bits per heavy atom. The molecule has 0 aliphatic rings. The highest BCUT2D eigenvalue weighted by molar-refractivity contribution is 5.30. The fraction of sp³-hybridized carbons (Fsp3) is 0.286. The molecule has 5 heteroatoms. The molecule has 1 atom stereocenters. The van der Waals surface area contributed by atoms with E-state index >= 15 is 0 Å². The Labute approximate surface area is 110 Å². The van der Waals surface area contributed by atoms with Crippen molar-refractivity contribution in [2.75, 3.05) is 0 Å². The minimum absolute atomic E-state index is 0.176. The lowest BCUT2D eigenvalue weighted by Gasteiger charge is -2.08. The first kappa shape index (κ1) is 13.3. The van der Waals surface area contributed by atoms with Crippen LogP contribution >= 0.6 is 0 Å². The van der Waals surface area contributed by atoms with Gasteiger partial charge in [0.15, 0.2) is 0 Å². The van der Waals surface area contributed by atoms with Crippen LogP contribution in [0.25, 0.3) is 0 Å². The number of aliphatic hydroxyl groups excluding tert-OH is 1. The molecule has 0 aliphatic carbocycles. The van der Waals surface area contributed by atoms with Gasteiger partial charge in [-0.05, 0) is 23.6 Å². The average molecular weight is 261 g/mol. The minimum atomic E-state index is -0.982. The summed E-state index contributed by atoms with van der Waals surface area (Å²) in [5, 5.41) is 20.6. The molecule has 0 radical (unpaired) electrons. The number of nitrogens with zero attached hydrogens (tertiary/aromatic N) is 1. The van der Waals surface area contributed by atoms with Crippen LogP contribution in [0.3, 0.4) is 0 Å². The number of benzene rings is 1. The van der Waals surface area contributed by atoms with Crippen LogP contribution in [0.2, 0.25) is 0 Å². The first-order chi connectivity index (χ1) is 9.11. The molecular weight excluding hydrogens is 246 g/mol. The molecule has 1 N–H and O–H groups in total. The van der Waals surface area contributed by atoms with E-state index in [1.807, 2.05) is 24.3 Å². The van der Waals surface area contributed by atoms with E-state index in [4.69, 9.17) is 4.42 Å². The second-order valence-electron chi connectivity index (χ2n) is 4.33. The Morgan fingerprint density at radius 1 is 1.26 bits per heavy atom. The van der Waals surface area contributed by atoms with Crippen LogP contribution in [-0.2, 0) is 6.42 Å². The molecule has 0 spiro atoms. The summed E-state index contributed by atoms with van der Waals surface area (Å²) in [6.45, 7) is 2.10. The maximum atomic E-state index is 10.5. The summed E-state index contributed by atoms with van der Waals surface area (Å²) in [4.78, 5) is 9.90. The van der Waals surface area contributed by atoms with Crippen LogP contribution in [0, 0.1) is 10.1 Å². The van der Waals surface area contributed by atoms with E-state index in [1.54, 1.807) is 0 Å². The van der Waals surface area contributed by atoms with E-state index in [0.29, 0.717) is 5.56 Å². The molecule has 100 valence electrons. The van der Waals surface area contributed by atoms with Gasteiger partial charge in [0.05, 0.1) is 6.07 Å². The predicted octanol–water partition coefficient (Wildman–Crippen LogP) is 3.22. The minimum Gasteiger partial charge on any atom is -0.403 e. The average Bonchev–Trinajstić information content (AvgIpc) is 2.89. The summed E-state index contributed by atoms with van der Waals surface area (Å²) in [6, 6.07) is 10.2. The SMILES string of the molecule is CCCc1ccc(C(O)c2ccc([N+](=O)[O-])o2)cc1. The Kier molecular flexibility index (Phi) is 3.97. The highest BCUT2D eigenvalue weighted by Crippen LogP contribution is 2.26. The number of aliphatic hydroxyl groups is 1. The van der Waals surface area contributed by atoms with Gasteiger partial charge in [0.2, 0.25) is 0 Å². The normalized spacial score (nSPS) is 12.3. The number of furan rings is 1. The molecule has 0 bridgehead atoms. The van der Waals surface area contributed by atoms with Crippen molar-refractivity contribution in [1.82, 2.24) is 0 Å². The van der Waals surface area contributed by atoms with E-state index in [-0.39, 0.29) is 11.6 Å². The van der Waals surface area contributed by atoms with Crippen molar-refractivity contribution in [3.8, 4) is 0 Å². The Hall–Kier alpha value is -2.14. The van der Waals surface area contributed by atoms with Gasteiger partial charge in [-0.15, -0.1) is 0 Å². The molecule has 1 aromatic heterocycles. The van der Waals surface area contributed by atoms with Gasteiger partial charge in [-0.3, -0.25) is 10.1 Å². The van der Waals surface area contributed by atoms with E-state index in [1.165, 1.54) is 17.7 Å². The van der Waals surface area contributed by atoms with Crippen molar-refractivity contribution in [2.45, 2.75) is 25.9 Å². The van der Waals surface area contributed by atoms with Gasteiger partial charge in [0.25, 0.3) is 0 Å². The molecule has 0 aliphatic heterocycles. The summed E-state index contributed by atoms with van der Waals surface area (Å²) < 4.78 is 4.99. The second-order valence-corrected chi connectivity index (χ2v) is 4.33. The van der Waals surface area contributed by atoms with Crippen molar-refractivity contribution in [2.24, 2.45) is 0 Å². The van der Waals surface area contributed by atoms with Crippen molar-refractivity contribution < 1.29 is 14.4 Å². The van der Waals surface area contributed by atoms with E-state index in [2.05, 4.69) is 6.92 Å². The topological polar surface area (TPSA) is 76.5 Å². The summed E-state index contributed by atoms with van der Waals surface area (Å²) in [7, 11) is 0. The lowest BCUT2D eigenvalue weighted by Crippen LogP contribution is -1.98. The molecule has 19 heavy (non-hydrogen) atoms. The van der Waals surface area contributed by atoms with Gasteiger partial charge >= 0.3 is 5.88 Å². The molecule has 5 nitrogen and oxygen atoms in total. The molecule has 0 fully saturated rings. The van der Waals surface area contributed by atoms with Crippen LogP contribution in [0.5, 0.6) is 0 Å². The smallest absolute Gasteiger partial charge is 0.403 e. The van der Waals surface area contributed by atoms with E-state index < -0.39 is 11.0 Å². The third kappa shape index (κ3) is 3.00. The third-order valence-corrected chi connectivity index (χ3v) is 2.90. The first-order valence-corrected chi connectivity index (χ1v) is 6.13. The molecule has 2 aromatic rings. The fourth-order valence-electron chi connectivity index (χ4n) is 1.91. The predicted molar refractivity (Wildman–Crippen MR) is 69.9 cm³/mol. The zero-order valence-electron chi connectivity index (χ0n) is 10.6. The Bertz CT molecular complexity index is 559. The van der Waals surface area contributed by atoms with Crippen LogP contribution in [0.1, 0.15) is 36.3 Å². The fourth-order valence-corrected chi connectivity index (χ4v) is 1.91. The van der Waals surface area contributed by atoms with Crippen molar-refractivity contribution in [1.29, 1.82) is 0 Å². The maximum absolute atomic E-state index is 10.5. The van der Waals surface area contributed by atoms with Gasteiger partial charge in [-0.2, -0.15) is 0 Å². The molecule has 2 rings (SSSR count). The number of hydrogen-bond acceptors (Lipinski definition) is 4. The van der Waals surface area contributed by atoms with Crippen molar-refractivity contribution in [3.63, 3.8) is 0 Å². The Morgan fingerprint density at radius 2 is 1.95 bits per heavy atom. The highest BCUT2D eigenvalue weighted by atomic mass is 16.6. The van der Waals surface area contributed by atoms with Gasteiger partial charge in [0.1, 0.15) is 16.8 Å². The quantitative estimate of drug-likeness (QED) is 0.662. The second kappa shape index (κ2) is 5.67. The van der Waals surface area contributed by atoms with Crippen LogP contribution in [-0.4, -0.2) is 10.0 Å².